The molecule has 13 rings (SSSR count). The van der Waals surface area contributed by atoms with Gasteiger partial charge in [0.1, 0.15) is 5.82 Å². The third-order valence-corrected chi connectivity index (χ3v) is 16.3. The molecule has 364 valence electrons. The Hall–Kier alpha value is -9.31. The highest BCUT2D eigenvalue weighted by Gasteiger charge is 2.47. The van der Waals surface area contributed by atoms with Gasteiger partial charge in [-0.05, 0) is 182 Å². The summed E-state index contributed by atoms with van der Waals surface area (Å²) in [4.78, 5) is 4.84. The maximum atomic E-state index is 14.1. The lowest BCUT2D eigenvalue weighted by atomic mass is 9.68. The molecule has 0 saturated carbocycles. The first kappa shape index (κ1) is 46.5. The zero-order valence-corrected chi connectivity index (χ0v) is 42.5. The molecule has 0 amide bonds. The van der Waals surface area contributed by atoms with E-state index in [0.717, 1.165) is 63.4 Å². The third-order valence-electron chi connectivity index (χ3n) is 16.3. The molecule has 2 unspecified atom stereocenters. The van der Waals surface area contributed by atoms with Crippen LogP contribution < -0.4 is 9.80 Å². The highest BCUT2D eigenvalue weighted by atomic mass is 19.1. The smallest absolute Gasteiger partial charge is 0.123 e. The number of allylic oxidation sites excluding steroid dienone is 4. The number of hydrogen-bond acceptors (Lipinski definition) is 2. The monoisotopic (exact) mass is 978 g/mol. The fourth-order valence-electron chi connectivity index (χ4n) is 12.4. The van der Waals surface area contributed by atoms with Gasteiger partial charge >= 0.3 is 0 Å². The van der Waals surface area contributed by atoms with Gasteiger partial charge in [0, 0.05) is 33.9 Å². The Bertz CT molecular complexity index is 3890. The van der Waals surface area contributed by atoms with Crippen LogP contribution in [0.2, 0.25) is 0 Å². The lowest BCUT2D eigenvalue weighted by molar-refractivity contribution is 0.586. The molecule has 0 radical (unpaired) electrons. The van der Waals surface area contributed by atoms with Crippen molar-refractivity contribution in [3.63, 3.8) is 0 Å². The van der Waals surface area contributed by atoms with Gasteiger partial charge < -0.3 is 9.80 Å². The molecule has 2 nitrogen and oxygen atoms in total. The topological polar surface area (TPSA) is 6.48 Å². The molecule has 76 heavy (non-hydrogen) atoms. The maximum Gasteiger partial charge on any atom is 0.123 e. The number of nitrogens with zero attached hydrogens (tertiary/aromatic N) is 2. The van der Waals surface area contributed by atoms with E-state index in [0.29, 0.717) is 0 Å². The van der Waals surface area contributed by atoms with Gasteiger partial charge in [0.25, 0.3) is 0 Å². The van der Waals surface area contributed by atoms with E-state index < -0.39 is 5.41 Å². The predicted octanol–water partition coefficient (Wildman–Crippen LogP) is 19.3. The van der Waals surface area contributed by atoms with E-state index in [-0.39, 0.29) is 11.2 Å². The summed E-state index contributed by atoms with van der Waals surface area (Å²) in [7, 11) is 0. The van der Waals surface area contributed by atoms with Crippen molar-refractivity contribution in [2.24, 2.45) is 0 Å². The molecule has 0 bridgehead atoms. The fraction of sp³-hybridized carbons (Fsp3) is 0.0685. The first-order valence-electron chi connectivity index (χ1n) is 26.2. The van der Waals surface area contributed by atoms with Crippen LogP contribution in [-0.2, 0) is 17.3 Å². The second-order valence-electron chi connectivity index (χ2n) is 20.6. The highest BCUT2D eigenvalue weighted by molar-refractivity contribution is 5.90. The van der Waals surface area contributed by atoms with Crippen molar-refractivity contribution < 1.29 is 4.39 Å². The summed E-state index contributed by atoms with van der Waals surface area (Å²) >= 11 is 0. The van der Waals surface area contributed by atoms with Crippen molar-refractivity contribution in [1.82, 2.24) is 0 Å². The van der Waals surface area contributed by atoms with Crippen LogP contribution in [0.4, 0.5) is 32.8 Å². The Kier molecular flexibility index (Phi) is 11.5. The Morgan fingerprint density at radius 3 is 1.68 bits per heavy atom. The minimum absolute atomic E-state index is 0.245. The van der Waals surface area contributed by atoms with Crippen molar-refractivity contribution in [3.8, 4) is 33.4 Å². The third kappa shape index (κ3) is 7.86. The van der Waals surface area contributed by atoms with Crippen LogP contribution in [0.15, 0.2) is 274 Å². The average Bonchev–Trinajstić information content (AvgIpc) is 4.03. The first-order valence-corrected chi connectivity index (χ1v) is 26.2. The summed E-state index contributed by atoms with van der Waals surface area (Å²) in [5.41, 5.74) is 24.0. The number of anilines is 5. The summed E-state index contributed by atoms with van der Waals surface area (Å²) in [5.74, 6) is -0.245. The van der Waals surface area contributed by atoms with Gasteiger partial charge in [-0.25, -0.2) is 4.39 Å². The summed E-state index contributed by atoms with van der Waals surface area (Å²) < 4.78 is 14.1. The molecular weight excluding hydrogens is 924 g/mol. The average molecular weight is 979 g/mol. The van der Waals surface area contributed by atoms with Crippen molar-refractivity contribution in [3.05, 3.63) is 324 Å². The molecule has 0 fully saturated rings. The minimum Gasteiger partial charge on any atom is -0.313 e. The zero-order chi connectivity index (χ0) is 51.4. The molecule has 2 aliphatic carbocycles. The van der Waals surface area contributed by atoms with Crippen molar-refractivity contribution in [2.45, 2.75) is 30.6 Å². The molecule has 10 aromatic carbocycles. The number of fused-ring (bicyclic) bond motifs is 6. The van der Waals surface area contributed by atoms with Gasteiger partial charge in [0.2, 0.25) is 0 Å². The van der Waals surface area contributed by atoms with E-state index in [9.17, 15) is 4.39 Å². The Morgan fingerprint density at radius 1 is 0.487 bits per heavy atom. The Labute approximate surface area is 446 Å². The lowest BCUT2D eigenvalue weighted by Crippen LogP contribution is -2.30. The molecule has 3 heteroatoms. The van der Waals surface area contributed by atoms with E-state index in [1.54, 1.807) is 0 Å². The van der Waals surface area contributed by atoms with E-state index in [1.165, 1.54) is 79.2 Å². The summed E-state index contributed by atoms with van der Waals surface area (Å²) in [6, 6.07) is 86.9. The highest BCUT2D eigenvalue weighted by Crippen LogP contribution is 2.58. The minimum atomic E-state index is -0.471. The van der Waals surface area contributed by atoms with Gasteiger partial charge in [-0.15, -0.1) is 0 Å². The van der Waals surface area contributed by atoms with Crippen LogP contribution in [0, 0.1) is 5.82 Å². The molecule has 2 atom stereocenters. The van der Waals surface area contributed by atoms with Gasteiger partial charge in [-0.1, -0.05) is 201 Å². The van der Waals surface area contributed by atoms with E-state index in [2.05, 4.69) is 260 Å². The molecule has 0 aromatic heterocycles. The van der Waals surface area contributed by atoms with Crippen molar-refractivity contribution in [1.29, 1.82) is 0 Å². The Balaban J connectivity index is 0.926. The molecule has 3 aliphatic rings. The standard InChI is InChI=1S/C73H55FN2/c1-4-50-20-22-52(23-21-50)48-73(59-14-8-6-9-15-59)67-19-13-12-18-65(67)66-43-42-64(47-68(66)73)75(62-38-30-54(31-39-62)53-28-36-60(74)37-29-53)63-40-32-55(33-41-63)57-34-44-70-69(46-57)72(3)49-58(56-26-24-51(5-2)25-27-56)35-45-71(72)76(70)61-16-10-7-11-17-61/h4-47H,1-2,48-49H2,3H3. The van der Waals surface area contributed by atoms with Crippen LogP contribution in [0.1, 0.15) is 57.9 Å². The van der Waals surface area contributed by atoms with Crippen molar-refractivity contribution in [2.75, 3.05) is 9.80 Å². The fourth-order valence-corrected chi connectivity index (χ4v) is 12.4. The number of benzene rings is 10. The largest absolute Gasteiger partial charge is 0.313 e. The lowest BCUT2D eigenvalue weighted by Gasteiger charge is -2.34. The summed E-state index contributed by atoms with van der Waals surface area (Å²) in [5, 5.41) is 0. The number of hydrogen-bond donors (Lipinski definition) is 0. The molecule has 0 N–H and O–H groups in total. The van der Waals surface area contributed by atoms with Crippen LogP contribution in [0.25, 0.3) is 51.1 Å². The molecule has 1 heterocycles. The zero-order valence-electron chi connectivity index (χ0n) is 42.5. The van der Waals surface area contributed by atoms with Gasteiger partial charge in [-0.2, -0.15) is 0 Å². The van der Waals surface area contributed by atoms with E-state index >= 15 is 0 Å². The van der Waals surface area contributed by atoms with Crippen LogP contribution in [-0.4, -0.2) is 0 Å². The second-order valence-corrected chi connectivity index (χ2v) is 20.6. The van der Waals surface area contributed by atoms with Gasteiger partial charge in [0.05, 0.1) is 11.1 Å². The number of halogens is 1. The maximum absolute atomic E-state index is 14.1. The van der Waals surface area contributed by atoms with Gasteiger partial charge in [-0.3, -0.25) is 0 Å². The van der Waals surface area contributed by atoms with E-state index in [1.807, 2.05) is 24.3 Å². The van der Waals surface area contributed by atoms with Crippen LogP contribution in [0.5, 0.6) is 0 Å². The summed E-state index contributed by atoms with van der Waals surface area (Å²) in [6.45, 7) is 10.4. The number of rotatable bonds is 12. The molecule has 0 saturated heterocycles. The first-order chi connectivity index (χ1) is 37.3. The second kappa shape index (κ2) is 18.9. The molecule has 10 aromatic rings. The Morgan fingerprint density at radius 2 is 1.03 bits per heavy atom. The number of para-hydroxylation sites is 1. The summed E-state index contributed by atoms with van der Waals surface area (Å²) in [6.07, 6.45) is 10.1. The SMILES string of the molecule is C=Cc1ccc(CC2(c3ccccc3)c3ccccc3-c3ccc(N(c4ccc(-c5ccc(F)cc5)cc4)c4ccc(-c5ccc6c(c5)C5(C)CC(c7ccc(C=C)cc7)=CC=C5N6c5ccccc5)cc4)cc32)cc1. The predicted molar refractivity (Wildman–Crippen MR) is 317 cm³/mol. The molecule has 0 spiro atoms. The molecule has 1 aliphatic heterocycles. The van der Waals surface area contributed by atoms with Crippen LogP contribution >= 0.6 is 0 Å². The van der Waals surface area contributed by atoms with Gasteiger partial charge in [0.15, 0.2) is 0 Å². The quantitative estimate of drug-likeness (QED) is 0.120. The normalized spacial score (nSPS) is 16.9. The van der Waals surface area contributed by atoms with Crippen LogP contribution in [0.3, 0.4) is 0 Å². The van der Waals surface area contributed by atoms with Crippen molar-refractivity contribution >= 4 is 46.2 Å². The molecular formula is C73H55FN2. The van der Waals surface area contributed by atoms with E-state index in [4.69, 9.17) is 0 Å².